The predicted molar refractivity (Wildman–Crippen MR) is 133 cm³/mol. The number of rotatable bonds is 6. The van der Waals surface area contributed by atoms with Crippen LogP contribution in [0.5, 0.6) is 5.88 Å². The quantitative estimate of drug-likeness (QED) is 0.388. The van der Waals surface area contributed by atoms with Crippen LogP contribution in [0, 0.1) is 11.2 Å². The SMILES string of the molecule is N=C(N)c1ccc(COc2c(F)c(C3CCN(C(=O)N4CCCC4)C3)nn2C(=O)c2cccs2)cc1. The number of thiophene rings is 1. The number of carbonyl (C=O) groups is 2. The molecule has 3 aromatic rings. The number of hydrogen-bond donors (Lipinski definition) is 2. The molecule has 2 aliphatic heterocycles. The van der Waals surface area contributed by atoms with E-state index in [1.54, 1.807) is 46.7 Å². The summed E-state index contributed by atoms with van der Waals surface area (Å²) < 4.78 is 22.5. The second kappa shape index (κ2) is 10.1. The van der Waals surface area contributed by atoms with Gasteiger partial charge in [-0.25, -0.2) is 4.79 Å². The number of urea groups is 1. The topological polar surface area (TPSA) is 118 Å². The fraction of sp³-hybridized carbons (Fsp3) is 0.360. The van der Waals surface area contributed by atoms with Gasteiger partial charge >= 0.3 is 6.03 Å². The summed E-state index contributed by atoms with van der Waals surface area (Å²) in [6.07, 6.45) is 2.57. The maximum absolute atomic E-state index is 15.7. The number of amides is 2. The summed E-state index contributed by atoms with van der Waals surface area (Å²) in [5.41, 5.74) is 6.93. The Hall–Kier alpha value is -3.73. The zero-order chi connectivity index (χ0) is 25.2. The van der Waals surface area contributed by atoms with Crippen molar-refractivity contribution in [3.63, 3.8) is 0 Å². The van der Waals surface area contributed by atoms with Gasteiger partial charge in [0.25, 0.3) is 11.8 Å². The molecule has 2 amide bonds. The number of benzene rings is 1. The average molecular weight is 511 g/mol. The summed E-state index contributed by atoms with van der Waals surface area (Å²) in [6, 6.07) is 10.2. The molecule has 4 heterocycles. The van der Waals surface area contributed by atoms with Crippen LogP contribution in [0.3, 0.4) is 0 Å². The number of halogens is 1. The molecule has 9 nitrogen and oxygen atoms in total. The van der Waals surface area contributed by atoms with Gasteiger partial charge in [0.1, 0.15) is 18.1 Å². The molecule has 2 fully saturated rings. The number of ether oxygens (including phenoxy) is 1. The molecule has 5 rings (SSSR count). The summed E-state index contributed by atoms with van der Waals surface area (Å²) in [7, 11) is 0. The van der Waals surface area contributed by atoms with E-state index in [0.717, 1.165) is 36.2 Å². The van der Waals surface area contributed by atoms with Crippen molar-refractivity contribution in [2.24, 2.45) is 5.73 Å². The van der Waals surface area contributed by atoms with E-state index in [0.29, 0.717) is 30.0 Å². The van der Waals surface area contributed by atoms with Gasteiger partial charge in [-0.15, -0.1) is 11.3 Å². The number of nitrogens with zero attached hydrogens (tertiary/aromatic N) is 4. The van der Waals surface area contributed by atoms with Crippen molar-refractivity contribution in [3.05, 3.63) is 69.3 Å². The molecule has 2 saturated heterocycles. The highest BCUT2D eigenvalue weighted by molar-refractivity contribution is 7.12. The molecule has 2 aliphatic rings. The number of carbonyl (C=O) groups excluding carboxylic acids is 2. The number of amidine groups is 1. The molecular formula is C25H27FN6O3S. The molecule has 188 valence electrons. The standard InChI is InChI=1S/C25H27FN6O3S/c26-20-21(18-9-12-31(14-18)25(34)30-10-1-2-11-30)29-32(23(33)19-4-3-13-36-19)24(20)35-15-16-5-7-17(8-6-16)22(27)28/h3-8,13,18H,1-2,9-12,14-15H2,(H3,27,28). The van der Waals surface area contributed by atoms with Gasteiger partial charge in [0.05, 0.1) is 4.88 Å². The van der Waals surface area contributed by atoms with Crippen molar-refractivity contribution in [3.8, 4) is 5.88 Å². The molecule has 1 unspecified atom stereocenters. The summed E-state index contributed by atoms with van der Waals surface area (Å²) in [6.45, 7) is 2.38. The van der Waals surface area contributed by atoms with Crippen LogP contribution in [0.1, 0.15) is 51.7 Å². The van der Waals surface area contributed by atoms with E-state index >= 15 is 4.39 Å². The van der Waals surface area contributed by atoms with Gasteiger partial charge in [-0.1, -0.05) is 30.3 Å². The monoisotopic (exact) mass is 510 g/mol. The number of aromatic nitrogens is 2. The van der Waals surface area contributed by atoms with Crippen molar-refractivity contribution in [1.29, 1.82) is 5.41 Å². The van der Waals surface area contributed by atoms with Crippen LogP contribution in [0.2, 0.25) is 0 Å². The van der Waals surface area contributed by atoms with Crippen LogP contribution >= 0.6 is 11.3 Å². The fourth-order valence-corrected chi connectivity index (χ4v) is 5.27. The van der Waals surface area contributed by atoms with Gasteiger partial charge in [0, 0.05) is 37.7 Å². The van der Waals surface area contributed by atoms with Crippen molar-refractivity contribution in [2.75, 3.05) is 26.2 Å². The highest BCUT2D eigenvalue weighted by Crippen LogP contribution is 2.34. The molecule has 3 N–H and O–H groups in total. The maximum Gasteiger partial charge on any atom is 0.320 e. The number of nitrogen functional groups attached to an aromatic ring is 1. The molecule has 0 radical (unpaired) electrons. The molecular weight excluding hydrogens is 483 g/mol. The van der Waals surface area contributed by atoms with E-state index in [4.69, 9.17) is 15.9 Å². The smallest absolute Gasteiger partial charge is 0.320 e. The van der Waals surface area contributed by atoms with Gasteiger partial charge < -0.3 is 20.3 Å². The van der Waals surface area contributed by atoms with Crippen molar-refractivity contribution in [2.45, 2.75) is 31.8 Å². The molecule has 1 atom stereocenters. The van der Waals surface area contributed by atoms with Gasteiger partial charge in [0.2, 0.25) is 5.82 Å². The minimum atomic E-state index is -0.680. The number of likely N-dealkylation sites (tertiary alicyclic amines) is 2. The normalized spacial score (nSPS) is 17.5. The third-order valence-corrected chi connectivity index (χ3v) is 7.46. The third-order valence-electron chi connectivity index (χ3n) is 6.60. The Kier molecular flexibility index (Phi) is 6.73. The number of hydrogen-bond acceptors (Lipinski definition) is 6. The Morgan fingerprint density at radius 2 is 1.89 bits per heavy atom. The maximum atomic E-state index is 15.7. The molecule has 36 heavy (non-hydrogen) atoms. The first-order valence-corrected chi connectivity index (χ1v) is 12.8. The first kappa shape index (κ1) is 24.0. The first-order valence-electron chi connectivity index (χ1n) is 11.9. The Morgan fingerprint density at radius 3 is 2.56 bits per heavy atom. The zero-order valence-corrected chi connectivity index (χ0v) is 20.5. The zero-order valence-electron chi connectivity index (χ0n) is 19.7. The Balaban J connectivity index is 1.39. The Morgan fingerprint density at radius 1 is 1.14 bits per heavy atom. The van der Waals surface area contributed by atoms with Crippen LogP contribution in [-0.4, -0.2) is 63.5 Å². The van der Waals surface area contributed by atoms with Gasteiger partial charge in [0.15, 0.2) is 0 Å². The molecule has 0 bridgehead atoms. The Bertz CT molecular complexity index is 1270. The number of nitrogens with two attached hydrogens (primary N) is 1. The third kappa shape index (κ3) is 4.70. The van der Waals surface area contributed by atoms with E-state index in [1.807, 2.05) is 4.90 Å². The minimum Gasteiger partial charge on any atom is -0.471 e. The summed E-state index contributed by atoms with van der Waals surface area (Å²) in [4.78, 5) is 29.9. The lowest BCUT2D eigenvalue weighted by atomic mass is 10.1. The van der Waals surface area contributed by atoms with Crippen LogP contribution in [0.25, 0.3) is 0 Å². The van der Waals surface area contributed by atoms with E-state index in [1.165, 1.54) is 11.3 Å². The highest BCUT2D eigenvalue weighted by Gasteiger charge is 2.36. The molecule has 0 aliphatic carbocycles. The van der Waals surface area contributed by atoms with Crippen molar-refractivity contribution in [1.82, 2.24) is 19.6 Å². The van der Waals surface area contributed by atoms with Crippen molar-refractivity contribution >= 4 is 29.1 Å². The second-order valence-electron chi connectivity index (χ2n) is 9.01. The van der Waals surface area contributed by atoms with E-state index < -0.39 is 11.7 Å². The lowest BCUT2D eigenvalue weighted by Gasteiger charge is -2.23. The van der Waals surface area contributed by atoms with Crippen molar-refractivity contribution < 1.29 is 18.7 Å². The molecule has 1 aromatic carbocycles. The van der Waals surface area contributed by atoms with Crippen LogP contribution < -0.4 is 10.5 Å². The lowest BCUT2D eigenvalue weighted by molar-refractivity contribution is 0.0929. The summed E-state index contributed by atoms with van der Waals surface area (Å²) >= 11 is 1.24. The lowest BCUT2D eigenvalue weighted by Crippen LogP contribution is -2.40. The molecule has 2 aromatic heterocycles. The number of nitrogens with one attached hydrogen (secondary N) is 1. The van der Waals surface area contributed by atoms with Crippen LogP contribution in [-0.2, 0) is 6.61 Å². The summed E-state index contributed by atoms with van der Waals surface area (Å²) in [5, 5.41) is 13.6. The molecule has 0 spiro atoms. The largest absolute Gasteiger partial charge is 0.471 e. The molecule has 0 saturated carbocycles. The van der Waals surface area contributed by atoms with E-state index in [-0.39, 0.29) is 36.0 Å². The molecule has 11 heteroatoms. The minimum absolute atomic E-state index is 0.00218. The second-order valence-corrected chi connectivity index (χ2v) is 9.95. The fourth-order valence-electron chi connectivity index (χ4n) is 4.63. The van der Waals surface area contributed by atoms with Gasteiger partial charge in [-0.05, 0) is 36.3 Å². The average Bonchev–Trinajstić information content (AvgIpc) is 3.69. The first-order chi connectivity index (χ1) is 17.4. The van der Waals surface area contributed by atoms with E-state index in [9.17, 15) is 9.59 Å². The highest BCUT2D eigenvalue weighted by atomic mass is 32.1. The van der Waals surface area contributed by atoms with Gasteiger partial charge in [-0.3, -0.25) is 10.2 Å². The van der Waals surface area contributed by atoms with E-state index in [2.05, 4.69) is 5.10 Å². The summed E-state index contributed by atoms with van der Waals surface area (Å²) in [5.74, 6) is -1.78. The van der Waals surface area contributed by atoms with Crippen LogP contribution in [0.15, 0.2) is 41.8 Å². The Labute approximate surface area is 211 Å². The van der Waals surface area contributed by atoms with Gasteiger partial charge in [-0.2, -0.15) is 14.2 Å². The predicted octanol–water partition coefficient (Wildman–Crippen LogP) is 3.64. The van der Waals surface area contributed by atoms with Crippen LogP contribution in [0.4, 0.5) is 9.18 Å².